The number of fused-ring (bicyclic) bond motifs is 1. The van der Waals surface area contributed by atoms with Crippen molar-refractivity contribution in [3.05, 3.63) is 60.0 Å². The van der Waals surface area contributed by atoms with E-state index in [1.807, 2.05) is 37.3 Å². The van der Waals surface area contributed by atoms with Crippen molar-refractivity contribution < 1.29 is 0 Å². The average Bonchev–Trinajstić information content (AvgIpc) is 2.56. The Kier molecular flexibility index (Phi) is 5.52. The molecule has 0 unspecified atom stereocenters. The third-order valence-corrected chi connectivity index (χ3v) is 3.73. The molecule has 23 heavy (non-hydrogen) atoms. The fourth-order valence-corrected chi connectivity index (χ4v) is 2.18. The summed E-state index contributed by atoms with van der Waals surface area (Å²) in [5, 5.41) is 0. The number of anilines is 2. The van der Waals surface area contributed by atoms with Crippen molar-refractivity contribution in [3.8, 4) is 0 Å². The van der Waals surface area contributed by atoms with Gasteiger partial charge in [0, 0.05) is 18.4 Å². The third kappa shape index (κ3) is 4.19. The first-order valence-electron chi connectivity index (χ1n) is 7.81. The summed E-state index contributed by atoms with van der Waals surface area (Å²) in [6.07, 6.45) is 11.0. The molecule has 0 saturated carbocycles. The van der Waals surface area contributed by atoms with Gasteiger partial charge in [0.25, 0.3) is 0 Å². The van der Waals surface area contributed by atoms with Crippen LogP contribution >= 0.6 is 0 Å². The van der Waals surface area contributed by atoms with Crippen LogP contribution in [0.2, 0.25) is 0 Å². The first-order chi connectivity index (χ1) is 11.0. The van der Waals surface area contributed by atoms with Gasteiger partial charge in [-0.1, -0.05) is 24.6 Å². The zero-order valence-corrected chi connectivity index (χ0v) is 14.2. The standard InChI is InChI=1S/C19H24N4/c1-5-7-8-15(11-14(3)6-2)23(4)16-9-10-17-18(12-16)22-19(20)13-21-17/h5,7-13H,6H2,1-4H3,(H2,20,22). The lowest BCUT2D eigenvalue weighted by Crippen LogP contribution is -2.15. The summed E-state index contributed by atoms with van der Waals surface area (Å²) >= 11 is 0. The molecular formula is C19H24N4. The highest BCUT2D eigenvalue weighted by atomic mass is 15.1. The van der Waals surface area contributed by atoms with Crippen molar-refractivity contribution in [1.82, 2.24) is 9.97 Å². The van der Waals surface area contributed by atoms with Gasteiger partial charge in [-0.25, -0.2) is 4.98 Å². The molecule has 1 heterocycles. The van der Waals surface area contributed by atoms with Gasteiger partial charge < -0.3 is 10.6 Å². The minimum Gasteiger partial charge on any atom is -0.382 e. The molecule has 0 spiro atoms. The van der Waals surface area contributed by atoms with Crippen LogP contribution in [0.25, 0.3) is 11.0 Å². The van der Waals surface area contributed by atoms with E-state index < -0.39 is 0 Å². The Balaban J connectivity index is 2.44. The summed E-state index contributed by atoms with van der Waals surface area (Å²) < 4.78 is 0. The molecule has 4 nitrogen and oxygen atoms in total. The zero-order chi connectivity index (χ0) is 16.8. The van der Waals surface area contributed by atoms with E-state index in [1.165, 1.54) is 5.57 Å². The zero-order valence-electron chi connectivity index (χ0n) is 14.2. The van der Waals surface area contributed by atoms with Crippen LogP contribution in [-0.2, 0) is 0 Å². The van der Waals surface area contributed by atoms with E-state index in [0.29, 0.717) is 5.82 Å². The highest BCUT2D eigenvalue weighted by Crippen LogP contribution is 2.23. The highest BCUT2D eigenvalue weighted by Gasteiger charge is 2.07. The first kappa shape index (κ1) is 16.7. The molecule has 120 valence electrons. The van der Waals surface area contributed by atoms with Crippen molar-refractivity contribution in [1.29, 1.82) is 0 Å². The summed E-state index contributed by atoms with van der Waals surface area (Å²) in [5.74, 6) is 0.434. The summed E-state index contributed by atoms with van der Waals surface area (Å²) in [4.78, 5) is 10.8. The maximum atomic E-state index is 5.74. The number of likely N-dealkylation sites (N-methyl/N-ethyl adjacent to an activating group) is 1. The van der Waals surface area contributed by atoms with Gasteiger partial charge >= 0.3 is 0 Å². The predicted octanol–water partition coefficient (Wildman–Crippen LogP) is 4.46. The first-order valence-corrected chi connectivity index (χ1v) is 7.81. The van der Waals surface area contributed by atoms with Crippen LogP contribution in [0.15, 0.2) is 60.0 Å². The molecule has 0 amide bonds. The Morgan fingerprint density at radius 3 is 2.78 bits per heavy atom. The predicted molar refractivity (Wildman–Crippen MR) is 99.3 cm³/mol. The van der Waals surface area contributed by atoms with E-state index in [9.17, 15) is 0 Å². The summed E-state index contributed by atoms with van der Waals surface area (Å²) in [6.45, 7) is 6.32. The Morgan fingerprint density at radius 2 is 2.09 bits per heavy atom. The van der Waals surface area contributed by atoms with Crippen molar-refractivity contribution in [3.63, 3.8) is 0 Å². The number of nitrogen functional groups attached to an aromatic ring is 1. The van der Waals surface area contributed by atoms with Gasteiger partial charge in [-0.05, 0) is 50.6 Å². The molecule has 2 rings (SSSR count). The Bertz CT molecular complexity index is 772. The Morgan fingerprint density at radius 1 is 1.30 bits per heavy atom. The molecular weight excluding hydrogens is 284 g/mol. The summed E-state index contributed by atoms with van der Waals surface area (Å²) in [7, 11) is 2.05. The van der Waals surface area contributed by atoms with Crippen molar-refractivity contribution in [2.45, 2.75) is 27.2 Å². The highest BCUT2D eigenvalue weighted by molar-refractivity contribution is 5.80. The van der Waals surface area contributed by atoms with E-state index >= 15 is 0 Å². The van der Waals surface area contributed by atoms with E-state index in [2.05, 4.69) is 47.9 Å². The smallest absolute Gasteiger partial charge is 0.142 e. The lowest BCUT2D eigenvalue weighted by Gasteiger charge is -2.21. The van der Waals surface area contributed by atoms with E-state index in [1.54, 1.807) is 6.20 Å². The SMILES string of the molecule is CC=CC=C(C=C(C)CC)N(C)c1ccc2ncc(N)nc2c1. The number of aromatic nitrogens is 2. The summed E-state index contributed by atoms with van der Waals surface area (Å²) in [5.41, 5.74) is 10.9. The number of hydrogen-bond donors (Lipinski definition) is 1. The van der Waals surface area contributed by atoms with Crippen molar-refractivity contribution in [2.24, 2.45) is 0 Å². The van der Waals surface area contributed by atoms with Gasteiger partial charge in [0.1, 0.15) is 5.82 Å². The minimum absolute atomic E-state index is 0.434. The number of allylic oxidation sites excluding steroid dienone is 5. The molecule has 0 aliphatic rings. The van der Waals surface area contributed by atoms with Gasteiger partial charge in [-0.2, -0.15) is 0 Å². The Labute approximate surface area is 138 Å². The van der Waals surface area contributed by atoms with Gasteiger partial charge in [-0.3, -0.25) is 4.98 Å². The molecule has 0 aliphatic carbocycles. The third-order valence-electron chi connectivity index (χ3n) is 3.73. The maximum Gasteiger partial charge on any atom is 0.142 e. The molecule has 0 radical (unpaired) electrons. The lowest BCUT2D eigenvalue weighted by atomic mass is 10.1. The van der Waals surface area contributed by atoms with Crippen molar-refractivity contribution >= 4 is 22.5 Å². The van der Waals surface area contributed by atoms with Crippen LogP contribution in [-0.4, -0.2) is 17.0 Å². The number of hydrogen-bond acceptors (Lipinski definition) is 4. The Hall–Kier alpha value is -2.62. The topological polar surface area (TPSA) is 55.0 Å². The lowest BCUT2D eigenvalue weighted by molar-refractivity contribution is 1.07. The van der Waals surface area contributed by atoms with E-state index in [-0.39, 0.29) is 0 Å². The second kappa shape index (κ2) is 7.58. The number of nitrogens with two attached hydrogens (primary N) is 1. The monoisotopic (exact) mass is 308 g/mol. The molecule has 1 aromatic heterocycles. The van der Waals surface area contributed by atoms with Crippen LogP contribution in [0.5, 0.6) is 0 Å². The van der Waals surface area contributed by atoms with Crippen LogP contribution in [0.3, 0.4) is 0 Å². The molecule has 0 fully saturated rings. The largest absolute Gasteiger partial charge is 0.382 e. The van der Waals surface area contributed by atoms with E-state index in [0.717, 1.165) is 28.8 Å². The molecule has 2 aromatic rings. The van der Waals surface area contributed by atoms with E-state index in [4.69, 9.17) is 5.73 Å². The number of nitrogens with zero attached hydrogens (tertiary/aromatic N) is 3. The molecule has 1 aromatic carbocycles. The molecule has 0 aliphatic heterocycles. The normalized spacial score (nSPS) is 13.0. The molecule has 0 atom stereocenters. The number of rotatable bonds is 5. The minimum atomic E-state index is 0.434. The van der Waals surface area contributed by atoms with Crippen LogP contribution in [0.1, 0.15) is 27.2 Å². The van der Waals surface area contributed by atoms with Crippen LogP contribution in [0, 0.1) is 0 Å². The van der Waals surface area contributed by atoms with Crippen LogP contribution in [0.4, 0.5) is 11.5 Å². The van der Waals surface area contributed by atoms with Gasteiger partial charge in [0.15, 0.2) is 0 Å². The summed E-state index contributed by atoms with van der Waals surface area (Å²) in [6, 6.07) is 6.03. The van der Waals surface area contributed by atoms with Crippen LogP contribution < -0.4 is 10.6 Å². The van der Waals surface area contributed by atoms with Gasteiger partial charge in [0.2, 0.25) is 0 Å². The molecule has 0 bridgehead atoms. The average molecular weight is 308 g/mol. The fraction of sp³-hybridized carbons (Fsp3) is 0.263. The quantitative estimate of drug-likeness (QED) is 0.828. The van der Waals surface area contributed by atoms with Crippen molar-refractivity contribution in [2.75, 3.05) is 17.7 Å². The maximum absolute atomic E-state index is 5.74. The van der Waals surface area contributed by atoms with Gasteiger partial charge in [-0.15, -0.1) is 0 Å². The number of benzene rings is 1. The molecule has 4 heteroatoms. The fourth-order valence-electron chi connectivity index (χ4n) is 2.18. The second-order valence-electron chi connectivity index (χ2n) is 5.49. The molecule has 0 saturated heterocycles. The second-order valence-corrected chi connectivity index (χ2v) is 5.49. The molecule has 2 N–H and O–H groups in total. The van der Waals surface area contributed by atoms with Gasteiger partial charge in [0.05, 0.1) is 17.2 Å².